The van der Waals surface area contributed by atoms with Crippen LogP contribution >= 0.6 is 24.0 Å². The molecule has 1 aromatic heterocycles. The molecule has 4 aromatic rings. The Labute approximate surface area is 294 Å². The molecule has 1 unspecified atom stereocenters. The summed E-state index contributed by atoms with van der Waals surface area (Å²) in [6, 6.07) is 18.1. The fourth-order valence-electron chi connectivity index (χ4n) is 5.06. The van der Waals surface area contributed by atoms with Crippen molar-refractivity contribution in [2.45, 2.75) is 45.1 Å². The Morgan fingerprint density at radius 1 is 1.08 bits per heavy atom. The molecule has 2 heterocycles. The average molecular weight is 728 g/mol. The zero-order valence-corrected chi connectivity index (χ0v) is 28.6. The van der Waals surface area contributed by atoms with Gasteiger partial charge in [0.1, 0.15) is 24.0 Å². The number of hydrogen-bond acceptors (Lipinski definition) is 8. The van der Waals surface area contributed by atoms with Gasteiger partial charge >= 0.3 is 12.5 Å². The molecule has 2 amide bonds. The molecule has 0 spiro atoms. The number of benzene rings is 3. The van der Waals surface area contributed by atoms with Crippen LogP contribution in [0.3, 0.4) is 0 Å². The van der Waals surface area contributed by atoms with Crippen molar-refractivity contribution in [1.29, 1.82) is 0 Å². The van der Waals surface area contributed by atoms with Crippen molar-refractivity contribution < 1.29 is 37.3 Å². The van der Waals surface area contributed by atoms with Gasteiger partial charge in [0.05, 0.1) is 24.2 Å². The number of amides is 2. The second-order valence-corrected chi connectivity index (χ2v) is 12.6. The lowest BCUT2D eigenvalue weighted by atomic mass is 10.00. The number of nitrogens with zero attached hydrogens (tertiary/aromatic N) is 5. The summed E-state index contributed by atoms with van der Waals surface area (Å²) >= 11 is 6.72. The number of anilines is 1. The molecule has 3 aromatic carbocycles. The summed E-state index contributed by atoms with van der Waals surface area (Å²) in [6.07, 6.45) is -4.58. The van der Waals surface area contributed by atoms with Crippen molar-refractivity contribution in [1.82, 2.24) is 25.4 Å². The Morgan fingerprint density at radius 2 is 1.78 bits per heavy atom. The van der Waals surface area contributed by atoms with Crippen molar-refractivity contribution in [2.75, 3.05) is 17.8 Å². The quantitative estimate of drug-likeness (QED) is 0.116. The lowest BCUT2D eigenvalue weighted by molar-refractivity contribution is -0.274. The van der Waals surface area contributed by atoms with Gasteiger partial charge in [-0.3, -0.25) is 9.69 Å². The minimum absolute atomic E-state index is 0.0134. The predicted octanol–water partition coefficient (Wildman–Crippen LogP) is 6.50. The maximum absolute atomic E-state index is 13.0. The smallest absolute Gasteiger partial charge is 0.497 e. The molecule has 1 atom stereocenters. The molecular weight excluding hydrogens is 696 g/mol. The normalized spacial score (nSPS) is 14.6. The van der Waals surface area contributed by atoms with Crippen molar-refractivity contribution >= 4 is 51.9 Å². The predicted molar refractivity (Wildman–Crippen MR) is 187 cm³/mol. The van der Waals surface area contributed by atoms with Crippen LogP contribution in [0.1, 0.15) is 37.3 Å². The van der Waals surface area contributed by atoms with E-state index >= 15 is 0 Å². The maximum atomic E-state index is 13.0. The third-order valence-corrected chi connectivity index (χ3v) is 8.55. The molecule has 5 rings (SSSR count). The molecule has 17 heteroatoms. The van der Waals surface area contributed by atoms with Gasteiger partial charge in [-0.2, -0.15) is 4.99 Å². The number of nitrogens with one attached hydrogen (secondary N) is 2. The number of rotatable bonds is 11. The number of hydrogen-bond donors (Lipinski definition) is 3. The number of carbonyl (C=O) groups excluding carboxylic acids is 1. The molecular formula is C33H32F3N7O5S2. The molecule has 1 fully saturated rings. The Balaban J connectivity index is 1.23. The molecule has 3 N–H and O–H groups in total. The Kier molecular flexibility index (Phi) is 11.3. The number of aryl methyl sites for hydroxylation is 1. The number of aliphatic imine (C=N–C) groups is 1. The lowest BCUT2D eigenvalue weighted by Gasteiger charge is -2.23. The molecule has 1 saturated heterocycles. The van der Waals surface area contributed by atoms with Crippen molar-refractivity contribution in [3.8, 4) is 28.6 Å². The molecule has 1 aliphatic heterocycles. The number of amidine groups is 1. The Morgan fingerprint density at radius 3 is 2.42 bits per heavy atom. The minimum Gasteiger partial charge on any atom is -0.497 e. The second kappa shape index (κ2) is 15.6. The molecule has 50 heavy (non-hydrogen) atoms. The number of aromatic nitrogens is 3. The first-order valence-electron chi connectivity index (χ1n) is 15.2. The zero-order chi connectivity index (χ0) is 36.0. The number of thiocarbonyl (C=S) groups is 1. The summed E-state index contributed by atoms with van der Waals surface area (Å²) in [5, 5.41) is 19.7. The van der Waals surface area contributed by atoms with Crippen LogP contribution in [-0.4, -0.2) is 67.5 Å². The first kappa shape index (κ1) is 36.1. The Hall–Kier alpha value is -5.16. The highest BCUT2D eigenvalue weighted by molar-refractivity contribution is 8.15. The fourth-order valence-corrected chi connectivity index (χ4v) is 6.22. The number of carbonyl (C=O) groups is 2. The summed E-state index contributed by atoms with van der Waals surface area (Å²) < 4.78 is 48.1. The van der Waals surface area contributed by atoms with Gasteiger partial charge in [0, 0.05) is 11.6 Å². The standard InChI is InChI=1S/C33H32F3N7O5S2/c1-19(2)25-14-13-24(47-3)16-26(25)43-28(44)17-50-31(43)40-30(49)38-27(39-32(45)46)15-6-20-4-7-21(8-5-20)29-37-18-42(41-29)22-9-11-23(12-10-22)48-33(34,35)36/h4-5,7-14,16,18-19,27,39H,6,15,17H2,1-3H3,(H,38,49)(H,45,46)/b40-31-. The molecule has 262 valence electrons. The summed E-state index contributed by atoms with van der Waals surface area (Å²) in [5.41, 5.74) is 3.67. The molecule has 12 nitrogen and oxygen atoms in total. The van der Waals surface area contributed by atoms with Crippen molar-refractivity contribution in [2.24, 2.45) is 4.99 Å². The number of thioether (sulfide) groups is 1. The van der Waals surface area contributed by atoms with E-state index in [1.165, 1.54) is 51.9 Å². The van der Waals surface area contributed by atoms with Gasteiger partial charge in [-0.15, -0.1) is 18.3 Å². The zero-order valence-electron chi connectivity index (χ0n) is 27.0. The maximum Gasteiger partial charge on any atom is 0.573 e. The topological polar surface area (TPSA) is 143 Å². The second-order valence-electron chi connectivity index (χ2n) is 11.2. The lowest BCUT2D eigenvalue weighted by Crippen LogP contribution is -2.47. The van der Waals surface area contributed by atoms with Crippen LogP contribution in [0, 0.1) is 0 Å². The SMILES string of the molecule is COc1ccc(C(C)C)c(N2C(=O)CS/C2=N\C(=S)NC(CCc2ccc(-c3ncn(-c4ccc(OC(F)(F)F)cc4)n3)cc2)NC(=O)O)c1. The van der Waals surface area contributed by atoms with Crippen LogP contribution < -0.4 is 25.0 Å². The Bertz CT molecular complexity index is 1880. The van der Waals surface area contributed by atoms with Crippen LogP contribution in [0.2, 0.25) is 0 Å². The van der Waals surface area contributed by atoms with Gasteiger partial charge in [-0.25, -0.2) is 14.5 Å². The number of halogens is 3. The molecule has 1 aliphatic rings. The van der Waals surface area contributed by atoms with Gasteiger partial charge in [-0.05, 0) is 72.4 Å². The third-order valence-electron chi connectivity index (χ3n) is 7.42. The summed E-state index contributed by atoms with van der Waals surface area (Å²) in [7, 11) is 1.55. The van der Waals surface area contributed by atoms with Gasteiger partial charge in [0.15, 0.2) is 16.1 Å². The van der Waals surface area contributed by atoms with Crippen LogP contribution in [0.25, 0.3) is 17.1 Å². The first-order valence-corrected chi connectivity index (χ1v) is 16.6. The van der Waals surface area contributed by atoms with E-state index in [2.05, 4.69) is 30.4 Å². The first-order chi connectivity index (χ1) is 23.8. The number of carboxylic acid groups (broad SMARTS) is 1. The fraction of sp³-hybridized carbons (Fsp3) is 0.273. The number of ether oxygens (including phenoxy) is 2. The highest BCUT2D eigenvalue weighted by Crippen LogP contribution is 2.36. The molecule has 0 saturated carbocycles. The van der Waals surface area contributed by atoms with Gasteiger partial charge in [-0.1, -0.05) is 55.9 Å². The summed E-state index contributed by atoms with van der Waals surface area (Å²) in [4.78, 5) is 34.9. The van der Waals surface area contributed by atoms with E-state index in [1.54, 1.807) is 13.2 Å². The largest absolute Gasteiger partial charge is 0.573 e. The van der Waals surface area contributed by atoms with E-state index in [-0.39, 0.29) is 28.4 Å². The van der Waals surface area contributed by atoms with Crippen LogP contribution in [0.4, 0.5) is 23.7 Å². The summed E-state index contributed by atoms with van der Waals surface area (Å²) in [6.45, 7) is 4.04. The van der Waals surface area contributed by atoms with E-state index in [0.29, 0.717) is 46.5 Å². The van der Waals surface area contributed by atoms with Crippen LogP contribution in [0.15, 0.2) is 78.0 Å². The van der Waals surface area contributed by atoms with Gasteiger partial charge < -0.3 is 25.2 Å². The van der Waals surface area contributed by atoms with Crippen LogP contribution in [0.5, 0.6) is 11.5 Å². The average Bonchev–Trinajstić information content (AvgIpc) is 3.70. The minimum atomic E-state index is -4.78. The number of alkyl halides is 3. The van der Waals surface area contributed by atoms with E-state index in [4.69, 9.17) is 17.0 Å². The van der Waals surface area contributed by atoms with E-state index in [1.807, 2.05) is 50.2 Å². The summed E-state index contributed by atoms with van der Waals surface area (Å²) in [5.74, 6) is 0.770. The van der Waals surface area contributed by atoms with Gasteiger partial charge in [0.25, 0.3) is 0 Å². The highest BCUT2D eigenvalue weighted by Gasteiger charge is 2.33. The van der Waals surface area contributed by atoms with E-state index in [9.17, 15) is 27.9 Å². The van der Waals surface area contributed by atoms with Gasteiger partial charge in [0.2, 0.25) is 5.91 Å². The molecule has 0 aliphatic carbocycles. The highest BCUT2D eigenvalue weighted by atomic mass is 32.2. The number of methoxy groups -OCH3 is 1. The van der Waals surface area contributed by atoms with Crippen molar-refractivity contribution in [3.05, 3.63) is 84.2 Å². The molecule has 0 radical (unpaired) electrons. The van der Waals surface area contributed by atoms with Crippen molar-refractivity contribution in [3.63, 3.8) is 0 Å². The van der Waals surface area contributed by atoms with E-state index < -0.39 is 18.6 Å². The molecule has 0 bridgehead atoms. The van der Waals surface area contributed by atoms with E-state index in [0.717, 1.165) is 11.1 Å². The third kappa shape index (κ3) is 9.29. The monoisotopic (exact) mass is 727 g/mol. The van der Waals surface area contributed by atoms with Crippen LogP contribution in [-0.2, 0) is 11.2 Å².